The van der Waals surface area contributed by atoms with Crippen LogP contribution in [-0.4, -0.2) is 15.0 Å². The molecule has 11 rings (SSSR count). The van der Waals surface area contributed by atoms with Crippen molar-refractivity contribution in [1.29, 1.82) is 0 Å². The van der Waals surface area contributed by atoms with Crippen LogP contribution in [0.2, 0.25) is 0 Å². The zero-order valence-electron chi connectivity index (χ0n) is 33.5. The first-order chi connectivity index (χ1) is 30.9. The van der Waals surface area contributed by atoms with Gasteiger partial charge in [-0.05, 0) is 97.7 Å². The molecule has 0 aliphatic heterocycles. The normalized spacial score (nSPS) is 11.7. The number of fused-ring (bicyclic) bond motifs is 5. The Morgan fingerprint density at radius 1 is 0.365 bits per heavy atom. The van der Waals surface area contributed by atoms with E-state index < -0.39 is 11.7 Å². The lowest BCUT2D eigenvalue weighted by atomic mass is 9.84. The Morgan fingerprint density at radius 2 is 0.889 bits per heavy atom. The van der Waals surface area contributed by atoms with Gasteiger partial charge in [-0.2, -0.15) is 13.2 Å². The molecule has 0 unspecified atom stereocenters. The molecular formula is C56H34F3N3S. The van der Waals surface area contributed by atoms with E-state index in [4.69, 9.17) is 15.0 Å². The number of thiophene rings is 1. The van der Waals surface area contributed by atoms with Gasteiger partial charge in [0, 0.05) is 36.9 Å². The molecule has 0 spiro atoms. The van der Waals surface area contributed by atoms with Gasteiger partial charge < -0.3 is 0 Å². The second-order valence-corrected chi connectivity index (χ2v) is 16.5. The molecule has 0 aliphatic rings. The summed E-state index contributed by atoms with van der Waals surface area (Å²) in [6.45, 7) is 0. The van der Waals surface area contributed by atoms with Crippen LogP contribution in [0.15, 0.2) is 206 Å². The van der Waals surface area contributed by atoms with Gasteiger partial charge in [-0.25, -0.2) is 15.0 Å². The number of hydrogen-bond acceptors (Lipinski definition) is 4. The summed E-state index contributed by atoms with van der Waals surface area (Å²) < 4.78 is 43.6. The van der Waals surface area contributed by atoms with E-state index in [0.717, 1.165) is 77.9 Å². The smallest absolute Gasteiger partial charge is 0.208 e. The van der Waals surface area contributed by atoms with Crippen molar-refractivity contribution in [1.82, 2.24) is 15.0 Å². The molecule has 0 N–H and O–H groups in total. The molecule has 0 fully saturated rings. The monoisotopic (exact) mass is 837 g/mol. The molecule has 2 aromatic heterocycles. The summed E-state index contributed by atoms with van der Waals surface area (Å²) in [5.74, 6) is 1.70. The maximum Gasteiger partial charge on any atom is 0.416 e. The first-order valence-corrected chi connectivity index (χ1v) is 21.4. The lowest BCUT2D eigenvalue weighted by Gasteiger charge is -2.20. The predicted molar refractivity (Wildman–Crippen MR) is 253 cm³/mol. The second-order valence-electron chi connectivity index (χ2n) is 15.5. The largest absolute Gasteiger partial charge is 0.416 e. The van der Waals surface area contributed by atoms with E-state index in [1.807, 2.05) is 103 Å². The van der Waals surface area contributed by atoms with Gasteiger partial charge in [0.05, 0.1) is 5.56 Å². The number of benzene rings is 9. The zero-order valence-corrected chi connectivity index (χ0v) is 34.3. The molecule has 0 atom stereocenters. The van der Waals surface area contributed by atoms with Crippen molar-refractivity contribution in [3.63, 3.8) is 0 Å². The lowest BCUT2D eigenvalue weighted by Crippen LogP contribution is -2.04. The van der Waals surface area contributed by atoms with Crippen LogP contribution < -0.4 is 0 Å². The summed E-state index contributed by atoms with van der Waals surface area (Å²) in [7, 11) is 0. The molecule has 3 nitrogen and oxygen atoms in total. The molecular weight excluding hydrogens is 804 g/mol. The van der Waals surface area contributed by atoms with Gasteiger partial charge in [0.25, 0.3) is 0 Å². The molecule has 0 amide bonds. The van der Waals surface area contributed by atoms with Crippen molar-refractivity contribution in [2.75, 3.05) is 0 Å². The fourth-order valence-corrected chi connectivity index (χ4v) is 9.78. The van der Waals surface area contributed by atoms with Crippen LogP contribution in [-0.2, 0) is 6.18 Å². The highest BCUT2D eigenvalue weighted by atomic mass is 32.1. The van der Waals surface area contributed by atoms with Crippen molar-refractivity contribution in [2.45, 2.75) is 6.18 Å². The van der Waals surface area contributed by atoms with Gasteiger partial charge in [-0.3, -0.25) is 0 Å². The summed E-state index contributed by atoms with van der Waals surface area (Å²) in [6, 6.07) is 67.1. The van der Waals surface area contributed by atoms with Gasteiger partial charge in [0.2, 0.25) is 0 Å². The number of hydrogen-bond donors (Lipinski definition) is 0. The van der Waals surface area contributed by atoms with Crippen molar-refractivity contribution in [2.24, 2.45) is 0 Å². The number of aromatic nitrogens is 3. The molecule has 0 saturated carbocycles. The van der Waals surface area contributed by atoms with Crippen molar-refractivity contribution in [3.05, 3.63) is 212 Å². The molecule has 0 radical (unpaired) electrons. The number of nitrogens with zero attached hydrogens (tertiary/aromatic N) is 3. The number of halogens is 3. The van der Waals surface area contributed by atoms with Crippen LogP contribution in [0, 0.1) is 0 Å². The Kier molecular flexibility index (Phi) is 9.47. The molecule has 0 aliphatic carbocycles. The molecule has 9 aromatic carbocycles. The molecule has 11 aromatic rings. The average Bonchev–Trinajstić information content (AvgIpc) is 3.74. The highest BCUT2D eigenvalue weighted by Gasteiger charge is 2.30. The van der Waals surface area contributed by atoms with E-state index in [2.05, 4.69) is 78.9 Å². The highest BCUT2D eigenvalue weighted by Crippen LogP contribution is 2.46. The minimum Gasteiger partial charge on any atom is -0.208 e. The molecule has 7 heteroatoms. The molecule has 300 valence electrons. The summed E-state index contributed by atoms with van der Waals surface area (Å²) in [6.07, 6.45) is -4.45. The summed E-state index contributed by atoms with van der Waals surface area (Å²) in [4.78, 5) is 15.6. The third-order valence-electron chi connectivity index (χ3n) is 11.5. The fourth-order valence-electron chi connectivity index (χ4n) is 8.56. The minimum absolute atomic E-state index is 0.538. The summed E-state index contributed by atoms with van der Waals surface area (Å²) in [5.41, 5.74) is 9.04. The molecule has 0 bridgehead atoms. The second kappa shape index (κ2) is 15.6. The quantitative estimate of drug-likeness (QED) is 0.160. The minimum atomic E-state index is -4.45. The maximum atomic E-state index is 13.8. The zero-order chi connectivity index (χ0) is 42.5. The van der Waals surface area contributed by atoms with Crippen LogP contribution in [0.4, 0.5) is 13.2 Å². The molecule has 0 saturated heterocycles. The van der Waals surface area contributed by atoms with E-state index in [-0.39, 0.29) is 0 Å². The first kappa shape index (κ1) is 38.2. The van der Waals surface area contributed by atoms with Gasteiger partial charge in [0.15, 0.2) is 17.5 Å². The Hall–Kier alpha value is -7.74. The van der Waals surface area contributed by atoms with Crippen LogP contribution in [0.5, 0.6) is 0 Å². The lowest BCUT2D eigenvalue weighted by molar-refractivity contribution is -0.137. The highest BCUT2D eigenvalue weighted by molar-refractivity contribution is 7.26. The molecule has 63 heavy (non-hydrogen) atoms. The number of rotatable bonds is 7. The van der Waals surface area contributed by atoms with Crippen LogP contribution in [0.3, 0.4) is 0 Å². The maximum absolute atomic E-state index is 13.8. The third-order valence-corrected chi connectivity index (χ3v) is 12.7. The average molecular weight is 838 g/mol. The SMILES string of the molecule is FC(F)(F)c1ccc(-c2c(-c3ccccc3)cc(-c3cccc(-c4nc(-c5ccccc5)nc(-c5cc6ccccc6c6c5sc5ccccc56)n4)c3)cc2-c2ccccc2)cc1. The Morgan fingerprint density at radius 3 is 1.54 bits per heavy atom. The van der Waals surface area contributed by atoms with Gasteiger partial charge in [0.1, 0.15) is 0 Å². The van der Waals surface area contributed by atoms with E-state index in [9.17, 15) is 13.2 Å². The van der Waals surface area contributed by atoms with Crippen molar-refractivity contribution in [3.8, 4) is 78.7 Å². The van der Waals surface area contributed by atoms with Gasteiger partial charge in [-0.1, -0.05) is 164 Å². The van der Waals surface area contributed by atoms with Crippen molar-refractivity contribution >= 4 is 42.3 Å². The first-order valence-electron chi connectivity index (χ1n) is 20.6. The number of alkyl halides is 3. The van der Waals surface area contributed by atoms with Crippen LogP contribution in [0.25, 0.3) is 110 Å². The molecule has 2 heterocycles. The predicted octanol–water partition coefficient (Wildman–Crippen LogP) is 16.1. The Bertz CT molecular complexity index is 3410. The Labute approximate surface area is 365 Å². The standard InChI is InChI=1S/C56H34F3N3S/c57-56(58,59)43-29-27-37(28-30-43)50-46(35-15-4-1-5-16-35)33-42(34-47(50)36-17-6-2-7-18-36)39-22-14-23-41(31-39)54-60-53(38-19-8-3-9-20-38)61-55(62-54)48-32-40-21-10-11-24-44(40)51-45-25-12-13-26-49(45)63-52(48)51/h1-34H. The third kappa shape index (κ3) is 7.12. The van der Waals surface area contributed by atoms with E-state index >= 15 is 0 Å². The van der Waals surface area contributed by atoms with Crippen molar-refractivity contribution < 1.29 is 13.2 Å². The fraction of sp³-hybridized carbons (Fsp3) is 0.0179. The van der Waals surface area contributed by atoms with Gasteiger partial charge >= 0.3 is 6.18 Å². The van der Waals surface area contributed by atoms with Gasteiger partial charge in [-0.15, -0.1) is 11.3 Å². The van der Waals surface area contributed by atoms with Crippen LogP contribution >= 0.6 is 11.3 Å². The summed E-state index contributed by atoms with van der Waals surface area (Å²) in [5, 5.41) is 4.69. The van der Waals surface area contributed by atoms with Crippen LogP contribution in [0.1, 0.15) is 5.56 Å². The van der Waals surface area contributed by atoms with E-state index in [1.54, 1.807) is 23.5 Å². The van der Waals surface area contributed by atoms with E-state index in [0.29, 0.717) is 23.0 Å². The van der Waals surface area contributed by atoms with E-state index in [1.165, 1.54) is 20.9 Å². The summed E-state index contributed by atoms with van der Waals surface area (Å²) >= 11 is 1.75. The topological polar surface area (TPSA) is 38.7 Å². The Balaban J connectivity index is 1.12.